The zero-order valence-corrected chi connectivity index (χ0v) is 7.60. The van der Waals surface area contributed by atoms with E-state index in [1.54, 1.807) is 18.2 Å². The molecule has 0 unspecified atom stereocenters. The number of carboxylic acid groups (broad SMARTS) is 1. The van der Waals surface area contributed by atoms with Crippen molar-refractivity contribution in [3.8, 4) is 6.07 Å². The highest BCUT2D eigenvalue weighted by Gasteiger charge is 2.12. The lowest BCUT2D eigenvalue weighted by Gasteiger charge is -1.91. The number of hydrogen-bond donors (Lipinski definition) is 1. The Hall–Kier alpha value is -2.35. The maximum absolute atomic E-state index is 10.6. The number of nitrogens with zero attached hydrogens (tertiary/aromatic N) is 2. The molecule has 1 heterocycles. The summed E-state index contributed by atoms with van der Waals surface area (Å²) in [6, 6.07) is 6.97. The van der Waals surface area contributed by atoms with Gasteiger partial charge in [0.25, 0.3) is 0 Å². The second kappa shape index (κ2) is 3.42. The number of rotatable bonds is 2. The number of aromatic nitrogens is 1. The summed E-state index contributed by atoms with van der Waals surface area (Å²) in [5.41, 5.74) is 1.66. The maximum Gasteiger partial charge on any atom is 0.392 e. The topological polar surface area (TPSA) is 87.1 Å². The van der Waals surface area contributed by atoms with Gasteiger partial charge < -0.3 is 9.52 Å². The Bertz CT molecular complexity index is 566. The summed E-state index contributed by atoms with van der Waals surface area (Å²) in [7, 11) is 0. The van der Waals surface area contributed by atoms with Crippen LogP contribution in [0.15, 0.2) is 22.6 Å². The van der Waals surface area contributed by atoms with E-state index >= 15 is 0 Å². The quantitative estimate of drug-likeness (QED) is 0.798. The molecule has 0 radical (unpaired) electrons. The summed E-state index contributed by atoms with van der Waals surface area (Å²) in [6.07, 6.45) is 0.269. The van der Waals surface area contributed by atoms with Crippen molar-refractivity contribution < 1.29 is 14.3 Å². The van der Waals surface area contributed by atoms with Crippen molar-refractivity contribution in [3.05, 3.63) is 29.7 Å². The van der Waals surface area contributed by atoms with Gasteiger partial charge in [-0.2, -0.15) is 5.26 Å². The summed E-state index contributed by atoms with van der Waals surface area (Å²) in [6.45, 7) is 0. The first-order chi connectivity index (χ1) is 7.20. The van der Waals surface area contributed by atoms with Gasteiger partial charge in [-0.1, -0.05) is 6.07 Å². The fraction of sp³-hybridized carbons (Fsp3) is 0.100. The van der Waals surface area contributed by atoms with Crippen molar-refractivity contribution in [1.82, 2.24) is 4.98 Å². The Morgan fingerprint density at radius 2 is 2.40 bits per heavy atom. The Morgan fingerprint density at radius 1 is 1.60 bits per heavy atom. The first-order valence-electron chi connectivity index (χ1n) is 4.20. The van der Waals surface area contributed by atoms with Gasteiger partial charge in [-0.3, -0.25) is 0 Å². The van der Waals surface area contributed by atoms with Gasteiger partial charge in [0.05, 0.1) is 12.5 Å². The number of nitriles is 1. The fourth-order valence-electron chi connectivity index (χ4n) is 1.27. The number of benzene rings is 1. The molecule has 0 aliphatic carbocycles. The minimum atomic E-state index is -1.20. The van der Waals surface area contributed by atoms with Crippen LogP contribution in [0.1, 0.15) is 16.2 Å². The zero-order chi connectivity index (χ0) is 10.8. The molecule has 1 aromatic carbocycles. The Morgan fingerprint density at radius 3 is 3.07 bits per heavy atom. The molecule has 0 bridgehead atoms. The van der Waals surface area contributed by atoms with E-state index in [0.717, 1.165) is 5.56 Å². The molecule has 1 N–H and O–H groups in total. The fourth-order valence-corrected chi connectivity index (χ4v) is 1.27. The molecule has 0 saturated carbocycles. The summed E-state index contributed by atoms with van der Waals surface area (Å²) >= 11 is 0. The van der Waals surface area contributed by atoms with E-state index in [9.17, 15) is 4.79 Å². The van der Waals surface area contributed by atoms with Crippen molar-refractivity contribution in [3.63, 3.8) is 0 Å². The van der Waals surface area contributed by atoms with Gasteiger partial charge in [0.1, 0.15) is 5.52 Å². The van der Waals surface area contributed by atoms with Crippen LogP contribution in [0.5, 0.6) is 0 Å². The highest BCUT2D eigenvalue weighted by atomic mass is 16.4. The van der Waals surface area contributed by atoms with Gasteiger partial charge in [-0.05, 0) is 17.7 Å². The molecule has 0 atom stereocenters. The first kappa shape index (κ1) is 9.21. The molecule has 15 heavy (non-hydrogen) atoms. The van der Waals surface area contributed by atoms with Gasteiger partial charge in [0.15, 0.2) is 5.58 Å². The number of carboxylic acids is 1. The van der Waals surface area contributed by atoms with Gasteiger partial charge in [-0.25, -0.2) is 9.78 Å². The Kier molecular flexibility index (Phi) is 2.10. The van der Waals surface area contributed by atoms with Crippen LogP contribution in [0.25, 0.3) is 11.1 Å². The van der Waals surface area contributed by atoms with Crippen molar-refractivity contribution >= 4 is 17.1 Å². The molecule has 0 aliphatic heterocycles. The average molecular weight is 202 g/mol. The highest BCUT2D eigenvalue weighted by molar-refractivity contribution is 5.86. The van der Waals surface area contributed by atoms with Crippen molar-refractivity contribution in [2.24, 2.45) is 0 Å². The molecule has 5 nitrogen and oxygen atoms in total. The SMILES string of the molecule is N#CCc1ccc2oc(C(=O)O)nc2c1. The second-order valence-corrected chi connectivity index (χ2v) is 2.96. The van der Waals surface area contributed by atoms with Crippen LogP contribution in [0.3, 0.4) is 0 Å². The van der Waals surface area contributed by atoms with Crippen molar-refractivity contribution in [2.75, 3.05) is 0 Å². The van der Waals surface area contributed by atoms with Crippen LogP contribution in [-0.4, -0.2) is 16.1 Å². The number of hydrogen-bond acceptors (Lipinski definition) is 4. The average Bonchev–Trinajstić information content (AvgIpc) is 2.61. The van der Waals surface area contributed by atoms with Crippen LogP contribution >= 0.6 is 0 Å². The minimum absolute atomic E-state index is 0.269. The molecule has 2 rings (SSSR count). The van der Waals surface area contributed by atoms with Gasteiger partial charge >= 0.3 is 11.9 Å². The van der Waals surface area contributed by atoms with E-state index in [0.29, 0.717) is 11.1 Å². The lowest BCUT2D eigenvalue weighted by Crippen LogP contribution is -1.94. The molecule has 1 aromatic heterocycles. The predicted octanol–water partition coefficient (Wildman–Crippen LogP) is 1.59. The molecule has 0 aliphatic rings. The number of aromatic carboxylic acids is 1. The van der Waals surface area contributed by atoms with Crippen LogP contribution in [0.2, 0.25) is 0 Å². The molecule has 0 amide bonds. The van der Waals surface area contributed by atoms with Crippen LogP contribution in [0.4, 0.5) is 0 Å². The van der Waals surface area contributed by atoms with Crippen molar-refractivity contribution in [2.45, 2.75) is 6.42 Å². The zero-order valence-electron chi connectivity index (χ0n) is 7.60. The van der Waals surface area contributed by atoms with E-state index in [-0.39, 0.29) is 12.3 Å². The molecule has 0 saturated heterocycles. The molecule has 0 spiro atoms. The van der Waals surface area contributed by atoms with Crippen LogP contribution < -0.4 is 0 Å². The van der Waals surface area contributed by atoms with Gasteiger partial charge in [0, 0.05) is 0 Å². The standard InChI is InChI=1S/C10H6N2O3/c11-4-3-6-1-2-8-7(5-6)12-9(15-8)10(13)14/h1-2,5H,3H2,(H,13,14). The first-order valence-corrected chi connectivity index (χ1v) is 4.20. The predicted molar refractivity (Wildman–Crippen MR) is 50.3 cm³/mol. The Labute approximate surface area is 84.6 Å². The summed E-state index contributed by atoms with van der Waals surface area (Å²) < 4.78 is 4.97. The third-order valence-corrected chi connectivity index (χ3v) is 1.92. The summed E-state index contributed by atoms with van der Waals surface area (Å²) in [4.78, 5) is 14.4. The highest BCUT2D eigenvalue weighted by Crippen LogP contribution is 2.17. The monoisotopic (exact) mass is 202 g/mol. The number of carbonyl (C=O) groups is 1. The third-order valence-electron chi connectivity index (χ3n) is 1.92. The molecule has 74 valence electrons. The Balaban J connectivity index is 2.53. The van der Waals surface area contributed by atoms with Crippen LogP contribution in [-0.2, 0) is 6.42 Å². The smallest absolute Gasteiger partial charge is 0.392 e. The van der Waals surface area contributed by atoms with E-state index < -0.39 is 5.97 Å². The molecule has 0 fully saturated rings. The van der Waals surface area contributed by atoms with Crippen LogP contribution in [0, 0.1) is 11.3 Å². The van der Waals surface area contributed by atoms with Crippen molar-refractivity contribution in [1.29, 1.82) is 5.26 Å². The van der Waals surface area contributed by atoms with E-state index in [2.05, 4.69) is 4.98 Å². The number of fused-ring (bicyclic) bond motifs is 1. The lowest BCUT2D eigenvalue weighted by molar-refractivity contribution is 0.0656. The molecular weight excluding hydrogens is 196 g/mol. The molecule has 2 aromatic rings. The summed E-state index contributed by atoms with van der Waals surface area (Å²) in [5, 5.41) is 17.1. The van der Waals surface area contributed by atoms with Gasteiger partial charge in [-0.15, -0.1) is 0 Å². The third kappa shape index (κ3) is 1.65. The van der Waals surface area contributed by atoms with E-state index in [1.807, 2.05) is 6.07 Å². The molecular formula is C10H6N2O3. The lowest BCUT2D eigenvalue weighted by atomic mass is 10.1. The largest absolute Gasteiger partial charge is 0.474 e. The molecule has 5 heteroatoms. The number of oxazole rings is 1. The summed E-state index contributed by atoms with van der Waals surface area (Å²) in [5.74, 6) is -1.54. The maximum atomic E-state index is 10.6. The minimum Gasteiger partial charge on any atom is -0.474 e. The van der Waals surface area contributed by atoms with E-state index in [4.69, 9.17) is 14.8 Å². The van der Waals surface area contributed by atoms with E-state index in [1.165, 1.54) is 0 Å². The second-order valence-electron chi connectivity index (χ2n) is 2.96. The normalized spacial score (nSPS) is 10.1. The van der Waals surface area contributed by atoms with Gasteiger partial charge in [0.2, 0.25) is 0 Å².